The van der Waals surface area contributed by atoms with Crippen LogP contribution in [0.4, 0.5) is 4.39 Å². The molecule has 1 aromatic carbocycles. The highest BCUT2D eigenvalue weighted by Crippen LogP contribution is 2.27. The summed E-state index contributed by atoms with van der Waals surface area (Å²) in [5.41, 5.74) is 0.175. The topological polar surface area (TPSA) is 40.6 Å². The highest BCUT2D eigenvalue weighted by Gasteiger charge is 2.31. The van der Waals surface area contributed by atoms with E-state index >= 15 is 0 Å². The Kier molecular flexibility index (Phi) is 5.07. The number of piperazine rings is 1. The summed E-state index contributed by atoms with van der Waals surface area (Å²) < 4.78 is 41.2. The van der Waals surface area contributed by atoms with Gasteiger partial charge in [-0.25, -0.2) is 12.8 Å². The van der Waals surface area contributed by atoms with E-state index in [4.69, 9.17) is 11.6 Å². The van der Waals surface area contributed by atoms with Crippen molar-refractivity contribution in [3.63, 3.8) is 0 Å². The van der Waals surface area contributed by atoms with Crippen molar-refractivity contribution in [2.75, 3.05) is 33.2 Å². The maximum absolute atomic E-state index is 14.3. The van der Waals surface area contributed by atoms with Crippen molar-refractivity contribution >= 4 is 37.6 Å². The van der Waals surface area contributed by atoms with Gasteiger partial charge >= 0.3 is 0 Å². The van der Waals surface area contributed by atoms with Gasteiger partial charge in [0.05, 0.1) is 5.88 Å². The second kappa shape index (κ2) is 6.27. The second-order valence-electron chi connectivity index (χ2n) is 4.72. The lowest BCUT2D eigenvalue weighted by molar-refractivity contribution is 0.222. The summed E-state index contributed by atoms with van der Waals surface area (Å²) in [6.07, 6.45) is 0. The zero-order valence-electron chi connectivity index (χ0n) is 10.9. The molecule has 1 heterocycles. The van der Waals surface area contributed by atoms with Gasteiger partial charge < -0.3 is 4.90 Å². The molecule has 0 unspecified atom stereocenters. The SMILES string of the molecule is CN1CCN(S(=O)(=O)c2cc(Br)cc(CCl)c2F)CC1. The molecular weight excluding hydrogens is 371 g/mol. The zero-order valence-corrected chi connectivity index (χ0v) is 14.1. The normalized spacial score (nSPS) is 18.4. The number of hydrogen-bond acceptors (Lipinski definition) is 3. The summed E-state index contributed by atoms with van der Waals surface area (Å²) in [7, 11) is -1.90. The molecule has 0 spiro atoms. The van der Waals surface area contributed by atoms with Gasteiger partial charge in [0.2, 0.25) is 10.0 Å². The highest BCUT2D eigenvalue weighted by molar-refractivity contribution is 9.10. The van der Waals surface area contributed by atoms with Crippen LogP contribution in [0.1, 0.15) is 5.56 Å². The molecule has 0 aromatic heterocycles. The van der Waals surface area contributed by atoms with E-state index in [2.05, 4.69) is 15.9 Å². The molecule has 112 valence electrons. The van der Waals surface area contributed by atoms with E-state index in [1.807, 2.05) is 11.9 Å². The fraction of sp³-hybridized carbons (Fsp3) is 0.500. The summed E-state index contributed by atoms with van der Waals surface area (Å²) in [6, 6.07) is 2.78. The van der Waals surface area contributed by atoms with Crippen LogP contribution < -0.4 is 0 Å². The molecule has 0 saturated carbocycles. The van der Waals surface area contributed by atoms with E-state index in [9.17, 15) is 12.8 Å². The molecule has 0 radical (unpaired) electrons. The molecule has 2 rings (SSSR count). The first-order valence-corrected chi connectivity index (χ1v) is 8.85. The molecule has 8 heteroatoms. The minimum atomic E-state index is -3.83. The Morgan fingerprint density at radius 1 is 1.30 bits per heavy atom. The van der Waals surface area contributed by atoms with Crippen LogP contribution in [0, 0.1) is 5.82 Å². The Morgan fingerprint density at radius 3 is 2.45 bits per heavy atom. The van der Waals surface area contributed by atoms with Crippen molar-refractivity contribution in [2.45, 2.75) is 10.8 Å². The number of nitrogens with zero attached hydrogens (tertiary/aromatic N) is 2. The minimum absolute atomic E-state index is 0.0729. The van der Waals surface area contributed by atoms with Gasteiger partial charge in [0.25, 0.3) is 0 Å². The van der Waals surface area contributed by atoms with Gasteiger partial charge in [-0.2, -0.15) is 4.31 Å². The lowest BCUT2D eigenvalue weighted by atomic mass is 10.2. The monoisotopic (exact) mass is 384 g/mol. The van der Waals surface area contributed by atoms with Crippen molar-refractivity contribution in [3.05, 3.63) is 28.0 Å². The number of rotatable bonds is 3. The highest BCUT2D eigenvalue weighted by atomic mass is 79.9. The third kappa shape index (κ3) is 3.17. The van der Waals surface area contributed by atoms with Gasteiger partial charge in [-0.3, -0.25) is 0 Å². The van der Waals surface area contributed by atoms with Crippen LogP contribution in [-0.2, 0) is 15.9 Å². The molecule has 1 aliphatic heterocycles. The van der Waals surface area contributed by atoms with Crippen LogP contribution >= 0.6 is 27.5 Å². The summed E-state index contributed by atoms with van der Waals surface area (Å²) >= 11 is 8.85. The van der Waals surface area contributed by atoms with Gasteiger partial charge in [-0.05, 0) is 19.2 Å². The predicted octanol–water partition coefficient (Wildman–Crippen LogP) is 2.26. The fourth-order valence-corrected chi connectivity index (χ4v) is 4.48. The van der Waals surface area contributed by atoms with Crippen molar-refractivity contribution in [3.8, 4) is 0 Å². The average Bonchev–Trinajstić information content (AvgIpc) is 2.41. The van der Waals surface area contributed by atoms with E-state index < -0.39 is 15.8 Å². The molecule has 0 atom stereocenters. The summed E-state index contributed by atoms with van der Waals surface area (Å²) in [4.78, 5) is 1.72. The summed E-state index contributed by atoms with van der Waals surface area (Å²) in [6.45, 7) is 2.00. The van der Waals surface area contributed by atoms with Crippen LogP contribution in [0.25, 0.3) is 0 Å². The third-order valence-corrected chi connectivity index (χ3v) is 5.95. The van der Waals surface area contributed by atoms with Crippen molar-refractivity contribution in [1.82, 2.24) is 9.21 Å². The van der Waals surface area contributed by atoms with E-state index in [0.29, 0.717) is 30.7 Å². The standard InChI is InChI=1S/C12H15BrClFN2O2S/c1-16-2-4-17(5-3-16)20(18,19)11-7-10(13)6-9(8-14)12(11)15/h6-7H,2-5,8H2,1H3. The van der Waals surface area contributed by atoms with Gasteiger partial charge in [-0.1, -0.05) is 15.9 Å². The number of alkyl halides is 1. The van der Waals surface area contributed by atoms with Gasteiger partial charge in [0, 0.05) is 36.2 Å². The quantitative estimate of drug-likeness (QED) is 0.750. The number of sulfonamides is 1. The third-order valence-electron chi connectivity index (χ3n) is 3.30. The second-order valence-corrected chi connectivity index (χ2v) is 7.81. The van der Waals surface area contributed by atoms with Crippen LogP contribution in [-0.4, -0.2) is 50.8 Å². The van der Waals surface area contributed by atoms with Crippen LogP contribution in [0.2, 0.25) is 0 Å². The molecule has 0 bridgehead atoms. The van der Waals surface area contributed by atoms with Gasteiger partial charge in [0.15, 0.2) is 0 Å². The van der Waals surface area contributed by atoms with E-state index in [0.717, 1.165) is 0 Å². The van der Waals surface area contributed by atoms with Gasteiger partial charge in [0.1, 0.15) is 10.7 Å². The van der Waals surface area contributed by atoms with Crippen LogP contribution in [0.15, 0.2) is 21.5 Å². The summed E-state index contributed by atoms with van der Waals surface area (Å²) in [5, 5.41) is 0. The predicted molar refractivity (Wildman–Crippen MR) is 79.9 cm³/mol. The zero-order chi connectivity index (χ0) is 14.9. The Labute approximate surface area is 131 Å². The maximum Gasteiger partial charge on any atom is 0.246 e. The Bertz CT molecular complexity index is 604. The summed E-state index contributed by atoms with van der Waals surface area (Å²) in [5.74, 6) is -0.835. The van der Waals surface area contributed by atoms with E-state index in [1.54, 1.807) is 0 Å². The first kappa shape index (κ1) is 16.2. The lowest BCUT2D eigenvalue weighted by Crippen LogP contribution is -2.47. The fourth-order valence-electron chi connectivity index (χ4n) is 2.07. The Hall–Kier alpha value is -0.210. The van der Waals surface area contributed by atoms with Crippen molar-refractivity contribution in [2.24, 2.45) is 0 Å². The molecule has 1 aliphatic rings. The van der Waals surface area contributed by atoms with E-state index in [-0.39, 0.29) is 16.3 Å². The largest absolute Gasteiger partial charge is 0.304 e. The minimum Gasteiger partial charge on any atom is -0.304 e. The van der Waals surface area contributed by atoms with Crippen molar-refractivity contribution in [1.29, 1.82) is 0 Å². The molecule has 1 fully saturated rings. The molecule has 20 heavy (non-hydrogen) atoms. The number of benzene rings is 1. The average molecular weight is 386 g/mol. The van der Waals surface area contributed by atoms with Crippen LogP contribution in [0.3, 0.4) is 0 Å². The lowest BCUT2D eigenvalue weighted by Gasteiger charge is -2.31. The number of hydrogen-bond donors (Lipinski definition) is 0. The Balaban J connectivity index is 2.42. The molecule has 0 amide bonds. The smallest absolute Gasteiger partial charge is 0.246 e. The molecule has 4 nitrogen and oxygen atoms in total. The number of likely N-dealkylation sites (N-methyl/N-ethyl adjacent to an activating group) is 1. The molecule has 1 saturated heterocycles. The van der Waals surface area contributed by atoms with Crippen LogP contribution in [0.5, 0.6) is 0 Å². The molecule has 0 aliphatic carbocycles. The van der Waals surface area contributed by atoms with E-state index in [1.165, 1.54) is 16.4 Å². The molecule has 1 aromatic rings. The van der Waals surface area contributed by atoms with Gasteiger partial charge in [-0.15, -0.1) is 11.6 Å². The molecular formula is C12H15BrClFN2O2S. The number of halogens is 3. The van der Waals surface area contributed by atoms with Crippen molar-refractivity contribution < 1.29 is 12.8 Å². The molecule has 0 N–H and O–H groups in total. The first-order chi connectivity index (χ1) is 9.36. The maximum atomic E-state index is 14.3. The first-order valence-electron chi connectivity index (χ1n) is 6.09. The Morgan fingerprint density at radius 2 is 1.90 bits per heavy atom.